The number of ether oxygens (including phenoxy) is 1. The summed E-state index contributed by atoms with van der Waals surface area (Å²) in [4.78, 5) is 0. The molecule has 3 heteroatoms. The van der Waals surface area contributed by atoms with Crippen molar-refractivity contribution in [1.29, 1.82) is 0 Å². The first-order valence-electron chi connectivity index (χ1n) is 5.49. The number of rotatable bonds is 7. The Bertz CT molecular complexity index is 245. The van der Waals surface area contributed by atoms with Crippen molar-refractivity contribution in [2.24, 2.45) is 0 Å². The van der Waals surface area contributed by atoms with Crippen molar-refractivity contribution in [2.45, 2.75) is 46.4 Å². The number of hydrogen-bond acceptors (Lipinski definition) is 1. The summed E-state index contributed by atoms with van der Waals surface area (Å²) in [6.07, 6.45) is 9.83. The molecule has 0 N–H and O–H groups in total. The molecule has 1 aromatic heterocycles. The second-order valence-electron chi connectivity index (χ2n) is 3.56. The van der Waals surface area contributed by atoms with Gasteiger partial charge >= 0.3 is 0 Å². The van der Waals surface area contributed by atoms with Crippen molar-refractivity contribution < 1.29 is 9.30 Å². The Hall–Kier alpha value is -0.830. The van der Waals surface area contributed by atoms with E-state index in [1.54, 1.807) is 0 Å². The molecule has 0 aromatic carbocycles. The predicted octanol–water partition coefficient (Wildman–Crippen LogP) is 1.96. The first-order valence-corrected chi connectivity index (χ1v) is 5.49. The van der Waals surface area contributed by atoms with Gasteiger partial charge in [-0.15, -0.1) is 0 Å². The minimum atomic E-state index is 0.674. The third-order valence-corrected chi connectivity index (χ3v) is 2.10. The van der Waals surface area contributed by atoms with Gasteiger partial charge in [0.25, 0.3) is 0 Å². The summed E-state index contributed by atoms with van der Waals surface area (Å²) in [7, 11) is 0. The van der Waals surface area contributed by atoms with Crippen LogP contribution in [0.1, 0.15) is 33.1 Å². The van der Waals surface area contributed by atoms with E-state index in [1.165, 1.54) is 12.8 Å². The Labute approximate surface area is 86.3 Å². The molecule has 0 bridgehead atoms. The van der Waals surface area contributed by atoms with Crippen molar-refractivity contribution in [3.8, 4) is 0 Å². The van der Waals surface area contributed by atoms with Crippen LogP contribution in [0.4, 0.5) is 0 Å². The standard InChI is InChI=1S/C11H21N2O/c1-3-5-6-12-7-8-13(10-12)11-14-9-4-2/h7-8,10H,3-6,9,11H2,1-2H3/q+1. The van der Waals surface area contributed by atoms with Gasteiger partial charge in [0.05, 0.1) is 13.2 Å². The number of imidazole rings is 1. The number of unbranched alkanes of at least 4 members (excludes halogenated alkanes) is 1. The molecule has 80 valence electrons. The topological polar surface area (TPSA) is 18.0 Å². The number of aryl methyl sites for hydroxylation is 1. The van der Waals surface area contributed by atoms with Crippen LogP contribution in [0.15, 0.2) is 18.7 Å². The molecule has 1 heterocycles. The smallest absolute Gasteiger partial charge is 0.245 e. The lowest BCUT2D eigenvalue weighted by Crippen LogP contribution is -2.32. The molecule has 0 amide bonds. The van der Waals surface area contributed by atoms with Crippen molar-refractivity contribution in [3.63, 3.8) is 0 Å². The van der Waals surface area contributed by atoms with Gasteiger partial charge < -0.3 is 4.74 Å². The van der Waals surface area contributed by atoms with Crippen LogP contribution in [-0.4, -0.2) is 11.2 Å². The molecule has 0 saturated heterocycles. The molecule has 0 fully saturated rings. The van der Waals surface area contributed by atoms with Crippen LogP contribution in [0.5, 0.6) is 0 Å². The van der Waals surface area contributed by atoms with E-state index in [2.05, 4.69) is 41.7 Å². The Morgan fingerprint density at radius 1 is 1.29 bits per heavy atom. The summed E-state index contributed by atoms with van der Waals surface area (Å²) in [5, 5.41) is 0. The van der Waals surface area contributed by atoms with Gasteiger partial charge in [-0.1, -0.05) is 20.3 Å². The number of aromatic nitrogens is 2. The summed E-state index contributed by atoms with van der Waals surface area (Å²) in [6, 6.07) is 0. The molecule has 0 aliphatic rings. The molecule has 0 aliphatic carbocycles. The van der Waals surface area contributed by atoms with Crippen LogP contribution in [-0.2, 0) is 18.0 Å². The highest BCUT2D eigenvalue weighted by Gasteiger charge is 2.01. The zero-order chi connectivity index (χ0) is 10.2. The lowest BCUT2D eigenvalue weighted by atomic mass is 10.3. The fraction of sp³-hybridized carbons (Fsp3) is 0.727. The molecule has 0 radical (unpaired) electrons. The predicted molar refractivity (Wildman–Crippen MR) is 55.8 cm³/mol. The molecule has 3 nitrogen and oxygen atoms in total. The molecule has 0 unspecified atom stereocenters. The first kappa shape index (κ1) is 11.2. The minimum Gasteiger partial charge on any atom is -0.342 e. The zero-order valence-corrected chi connectivity index (χ0v) is 9.28. The van der Waals surface area contributed by atoms with Crippen LogP contribution in [0.3, 0.4) is 0 Å². The number of hydrogen-bond donors (Lipinski definition) is 0. The average molecular weight is 197 g/mol. The maximum absolute atomic E-state index is 5.44. The minimum absolute atomic E-state index is 0.674. The largest absolute Gasteiger partial charge is 0.342 e. The second kappa shape index (κ2) is 6.60. The van der Waals surface area contributed by atoms with E-state index in [-0.39, 0.29) is 0 Å². The Kier molecular flexibility index (Phi) is 5.30. The van der Waals surface area contributed by atoms with Crippen LogP contribution < -0.4 is 4.57 Å². The van der Waals surface area contributed by atoms with Gasteiger partial charge in [0.15, 0.2) is 6.73 Å². The molecule has 0 atom stereocenters. The van der Waals surface area contributed by atoms with Crippen LogP contribution >= 0.6 is 0 Å². The van der Waals surface area contributed by atoms with Gasteiger partial charge in [0.1, 0.15) is 12.4 Å². The fourth-order valence-corrected chi connectivity index (χ4v) is 1.30. The molecular weight excluding hydrogens is 176 g/mol. The van der Waals surface area contributed by atoms with Crippen molar-refractivity contribution in [3.05, 3.63) is 18.7 Å². The first-order chi connectivity index (χ1) is 6.86. The highest BCUT2D eigenvalue weighted by Crippen LogP contribution is 1.92. The third-order valence-electron chi connectivity index (χ3n) is 2.10. The van der Waals surface area contributed by atoms with Gasteiger partial charge in [0.2, 0.25) is 6.33 Å². The van der Waals surface area contributed by atoms with Gasteiger partial charge in [-0.25, -0.2) is 9.13 Å². The van der Waals surface area contributed by atoms with E-state index in [0.717, 1.165) is 19.6 Å². The molecule has 1 aromatic rings. The quantitative estimate of drug-likeness (QED) is 0.482. The summed E-state index contributed by atoms with van der Waals surface area (Å²) in [6.45, 7) is 6.95. The lowest BCUT2D eigenvalue weighted by molar-refractivity contribution is -0.732. The van der Waals surface area contributed by atoms with Gasteiger partial charge in [-0.3, -0.25) is 0 Å². The van der Waals surface area contributed by atoms with Crippen LogP contribution in [0.2, 0.25) is 0 Å². The highest BCUT2D eigenvalue weighted by atomic mass is 16.5. The summed E-state index contributed by atoms with van der Waals surface area (Å²) < 4.78 is 9.72. The SMILES string of the molecule is CCCCn1cc[n+](COCCC)c1. The molecular formula is C11H21N2O+. The molecule has 0 aliphatic heterocycles. The zero-order valence-electron chi connectivity index (χ0n) is 9.28. The van der Waals surface area contributed by atoms with Crippen molar-refractivity contribution in [2.75, 3.05) is 6.61 Å². The van der Waals surface area contributed by atoms with E-state index in [0.29, 0.717) is 6.73 Å². The summed E-state index contributed by atoms with van der Waals surface area (Å²) in [5.74, 6) is 0. The van der Waals surface area contributed by atoms with Gasteiger partial charge in [-0.05, 0) is 12.8 Å². The average Bonchev–Trinajstić information content (AvgIpc) is 2.63. The molecule has 0 saturated carbocycles. The summed E-state index contributed by atoms with van der Waals surface area (Å²) >= 11 is 0. The Morgan fingerprint density at radius 2 is 2.14 bits per heavy atom. The monoisotopic (exact) mass is 197 g/mol. The maximum atomic E-state index is 5.44. The van der Waals surface area contributed by atoms with E-state index in [4.69, 9.17) is 4.74 Å². The third kappa shape index (κ3) is 3.92. The molecule has 14 heavy (non-hydrogen) atoms. The summed E-state index contributed by atoms with van der Waals surface area (Å²) in [5.41, 5.74) is 0. The van der Waals surface area contributed by atoms with Crippen molar-refractivity contribution in [1.82, 2.24) is 4.57 Å². The van der Waals surface area contributed by atoms with E-state index in [1.807, 2.05) is 0 Å². The molecule has 1 rings (SSSR count). The normalized spacial score (nSPS) is 10.7. The van der Waals surface area contributed by atoms with E-state index < -0.39 is 0 Å². The van der Waals surface area contributed by atoms with Crippen molar-refractivity contribution >= 4 is 0 Å². The van der Waals surface area contributed by atoms with E-state index in [9.17, 15) is 0 Å². The van der Waals surface area contributed by atoms with E-state index >= 15 is 0 Å². The lowest BCUT2D eigenvalue weighted by Gasteiger charge is -1.97. The fourth-order valence-electron chi connectivity index (χ4n) is 1.30. The second-order valence-corrected chi connectivity index (χ2v) is 3.56. The van der Waals surface area contributed by atoms with Gasteiger partial charge in [-0.2, -0.15) is 0 Å². The highest BCUT2D eigenvalue weighted by molar-refractivity contribution is 4.65. The number of nitrogens with zero attached hydrogens (tertiary/aromatic N) is 2. The van der Waals surface area contributed by atoms with Crippen LogP contribution in [0.25, 0.3) is 0 Å². The Balaban J connectivity index is 2.27. The Morgan fingerprint density at radius 3 is 2.86 bits per heavy atom. The molecule has 0 spiro atoms. The maximum Gasteiger partial charge on any atom is 0.245 e. The van der Waals surface area contributed by atoms with Crippen LogP contribution in [0, 0.1) is 0 Å². The van der Waals surface area contributed by atoms with Gasteiger partial charge in [0, 0.05) is 0 Å².